The number of amides is 2. The number of rotatable bonds is 3. The van der Waals surface area contributed by atoms with Crippen molar-refractivity contribution in [2.75, 3.05) is 25.0 Å². The fourth-order valence-corrected chi connectivity index (χ4v) is 2.21. The second-order valence-electron chi connectivity index (χ2n) is 5.69. The summed E-state index contributed by atoms with van der Waals surface area (Å²) in [5.74, 6) is 0. The molecule has 1 saturated heterocycles. The first kappa shape index (κ1) is 12.9. The first-order valence-corrected chi connectivity index (χ1v) is 6.27. The van der Waals surface area contributed by atoms with Gasteiger partial charge in [0.2, 0.25) is 0 Å². The predicted octanol–water partition coefficient (Wildman–Crippen LogP) is 1.84. The van der Waals surface area contributed by atoms with Gasteiger partial charge >= 0.3 is 6.03 Å². The van der Waals surface area contributed by atoms with Crippen LogP contribution in [0, 0.1) is 0 Å². The van der Waals surface area contributed by atoms with Crippen LogP contribution in [0.15, 0.2) is 24.3 Å². The summed E-state index contributed by atoms with van der Waals surface area (Å²) >= 11 is 0. The number of nitrogens with zero attached hydrogens (tertiary/aromatic N) is 2. The molecule has 1 aromatic rings. The van der Waals surface area contributed by atoms with E-state index in [4.69, 9.17) is 5.73 Å². The number of hydrogen-bond acceptors (Lipinski definition) is 2. The van der Waals surface area contributed by atoms with Crippen LogP contribution in [-0.2, 0) is 6.42 Å². The highest BCUT2D eigenvalue weighted by atomic mass is 16.2. The van der Waals surface area contributed by atoms with Gasteiger partial charge in [0, 0.05) is 31.4 Å². The van der Waals surface area contributed by atoms with Gasteiger partial charge in [-0.15, -0.1) is 0 Å². The molecule has 0 atom stereocenters. The Labute approximate surface area is 108 Å². The second kappa shape index (κ2) is 4.61. The SMILES string of the molecule is CN1CCN(c2ccc(CC(C)(C)N)cc2)C1=O. The smallest absolute Gasteiger partial charge is 0.324 e. The van der Waals surface area contributed by atoms with E-state index in [1.807, 2.05) is 33.0 Å². The summed E-state index contributed by atoms with van der Waals surface area (Å²) in [6.45, 7) is 5.58. The number of hydrogen-bond donors (Lipinski definition) is 1. The van der Waals surface area contributed by atoms with Crippen molar-refractivity contribution in [2.24, 2.45) is 5.73 Å². The maximum atomic E-state index is 11.9. The van der Waals surface area contributed by atoms with E-state index >= 15 is 0 Å². The minimum Gasteiger partial charge on any atom is -0.326 e. The highest BCUT2D eigenvalue weighted by molar-refractivity contribution is 5.93. The molecule has 0 bridgehead atoms. The van der Waals surface area contributed by atoms with E-state index in [1.165, 1.54) is 5.56 Å². The summed E-state index contributed by atoms with van der Waals surface area (Å²) in [7, 11) is 1.83. The predicted molar refractivity (Wildman–Crippen MR) is 73.8 cm³/mol. The van der Waals surface area contributed by atoms with Gasteiger partial charge in [-0.3, -0.25) is 4.90 Å². The summed E-state index contributed by atoms with van der Waals surface area (Å²) < 4.78 is 0. The van der Waals surface area contributed by atoms with Crippen LogP contribution in [0.3, 0.4) is 0 Å². The normalized spacial score (nSPS) is 16.6. The van der Waals surface area contributed by atoms with Crippen molar-refractivity contribution >= 4 is 11.7 Å². The van der Waals surface area contributed by atoms with Crippen molar-refractivity contribution in [1.29, 1.82) is 0 Å². The van der Waals surface area contributed by atoms with E-state index in [1.54, 1.807) is 9.80 Å². The number of urea groups is 1. The lowest BCUT2D eigenvalue weighted by molar-refractivity contribution is 0.229. The third-order valence-electron chi connectivity index (χ3n) is 3.12. The molecule has 0 radical (unpaired) electrons. The van der Waals surface area contributed by atoms with Crippen molar-refractivity contribution in [2.45, 2.75) is 25.8 Å². The Morgan fingerprint density at radius 2 is 1.83 bits per heavy atom. The highest BCUT2D eigenvalue weighted by Crippen LogP contribution is 2.21. The first-order chi connectivity index (χ1) is 8.37. The summed E-state index contributed by atoms with van der Waals surface area (Å²) in [6, 6.07) is 8.17. The lowest BCUT2D eigenvalue weighted by atomic mass is 9.96. The average molecular weight is 247 g/mol. The molecule has 4 nitrogen and oxygen atoms in total. The molecule has 1 heterocycles. The Morgan fingerprint density at radius 3 is 2.28 bits per heavy atom. The Bertz CT molecular complexity index is 433. The molecule has 1 fully saturated rings. The zero-order valence-corrected chi connectivity index (χ0v) is 11.3. The number of carbonyl (C=O) groups is 1. The van der Waals surface area contributed by atoms with Gasteiger partial charge in [-0.2, -0.15) is 0 Å². The van der Waals surface area contributed by atoms with Gasteiger partial charge in [0.05, 0.1) is 0 Å². The van der Waals surface area contributed by atoms with Crippen LogP contribution in [0.4, 0.5) is 10.5 Å². The fourth-order valence-electron chi connectivity index (χ4n) is 2.21. The molecule has 2 rings (SSSR count). The lowest BCUT2D eigenvalue weighted by Gasteiger charge is -2.20. The van der Waals surface area contributed by atoms with E-state index in [-0.39, 0.29) is 11.6 Å². The zero-order valence-electron chi connectivity index (χ0n) is 11.3. The van der Waals surface area contributed by atoms with Crippen molar-refractivity contribution in [3.05, 3.63) is 29.8 Å². The molecule has 0 unspecified atom stereocenters. The van der Waals surface area contributed by atoms with Crippen molar-refractivity contribution in [3.8, 4) is 0 Å². The van der Waals surface area contributed by atoms with Crippen LogP contribution in [0.25, 0.3) is 0 Å². The monoisotopic (exact) mass is 247 g/mol. The molecule has 1 aliphatic heterocycles. The highest BCUT2D eigenvalue weighted by Gasteiger charge is 2.26. The fraction of sp³-hybridized carbons (Fsp3) is 0.500. The van der Waals surface area contributed by atoms with Crippen LogP contribution >= 0.6 is 0 Å². The molecule has 2 N–H and O–H groups in total. The van der Waals surface area contributed by atoms with Crippen LogP contribution in [-0.4, -0.2) is 36.6 Å². The van der Waals surface area contributed by atoms with Gasteiger partial charge in [0.1, 0.15) is 0 Å². The Morgan fingerprint density at radius 1 is 1.22 bits per heavy atom. The molecule has 4 heteroatoms. The Kier molecular flexibility index (Phi) is 3.30. The number of anilines is 1. The summed E-state index contributed by atoms with van der Waals surface area (Å²) in [4.78, 5) is 15.4. The van der Waals surface area contributed by atoms with Gasteiger partial charge in [-0.1, -0.05) is 12.1 Å². The average Bonchev–Trinajstić information content (AvgIpc) is 2.59. The molecule has 1 aromatic carbocycles. The largest absolute Gasteiger partial charge is 0.326 e. The quantitative estimate of drug-likeness (QED) is 0.886. The van der Waals surface area contributed by atoms with E-state index in [2.05, 4.69) is 12.1 Å². The van der Waals surface area contributed by atoms with Crippen LogP contribution in [0.2, 0.25) is 0 Å². The van der Waals surface area contributed by atoms with E-state index in [0.29, 0.717) is 0 Å². The van der Waals surface area contributed by atoms with E-state index < -0.39 is 0 Å². The van der Waals surface area contributed by atoms with E-state index in [9.17, 15) is 4.79 Å². The third kappa shape index (κ3) is 2.82. The molecule has 0 aromatic heterocycles. The Balaban J connectivity index is 2.11. The maximum absolute atomic E-state index is 11.9. The minimum absolute atomic E-state index is 0.0712. The molecular formula is C14H21N3O. The van der Waals surface area contributed by atoms with Gasteiger partial charge in [-0.05, 0) is 38.0 Å². The van der Waals surface area contributed by atoms with Gasteiger partial charge in [0.15, 0.2) is 0 Å². The summed E-state index contributed by atoms with van der Waals surface area (Å²) in [5.41, 5.74) is 7.95. The summed E-state index contributed by atoms with van der Waals surface area (Å²) in [6.07, 6.45) is 0.834. The van der Waals surface area contributed by atoms with Crippen LogP contribution in [0.5, 0.6) is 0 Å². The Hall–Kier alpha value is -1.55. The topological polar surface area (TPSA) is 49.6 Å². The van der Waals surface area contributed by atoms with Gasteiger partial charge in [-0.25, -0.2) is 4.79 Å². The van der Waals surface area contributed by atoms with Crippen LogP contribution in [0.1, 0.15) is 19.4 Å². The molecule has 98 valence electrons. The van der Waals surface area contributed by atoms with Crippen LogP contribution < -0.4 is 10.6 Å². The van der Waals surface area contributed by atoms with Gasteiger partial charge in [0.25, 0.3) is 0 Å². The number of likely N-dealkylation sites (N-methyl/N-ethyl adjacent to an activating group) is 1. The zero-order chi connectivity index (χ0) is 13.3. The van der Waals surface area contributed by atoms with Gasteiger partial charge < -0.3 is 10.6 Å². The minimum atomic E-state index is -0.203. The lowest BCUT2D eigenvalue weighted by Crippen LogP contribution is -2.34. The summed E-state index contributed by atoms with van der Waals surface area (Å²) in [5, 5.41) is 0. The standard InChI is InChI=1S/C14H21N3O/c1-14(2,15)10-11-4-6-12(7-5-11)17-9-8-16(3)13(17)18/h4-7H,8-10,15H2,1-3H3. The molecule has 2 amide bonds. The third-order valence-corrected chi connectivity index (χ3v) is 3.12. The number of nitrogens with two attached hydrogens (primary N) is 1. The molecule has 0 spiro atoms. The molecule has 0 aliphatic carbocycles. The molecule has 0 saturated carbocycles. The van der Waals surface area contributed by atoms with Crippen molar-refractivity contribution < 1.29 is 4.79 Å². The first-order valence-electron chi connectivity index (χ1n) is 6.27. The number of carbonyl (C=O) groups excluding carboxylic acids is 1. The van der Waals surface area contributed by atoms with Crippen molar-refractivity contribution in [1.82, 2.24) is 4.90 Å². The molecular weight excluding hydrogens is 226 g/mol. The molecule has 18 heavy (non-hydrogen) atoms. The maximum Gasteiger partial charge on any atom is 0.324 e. The number of benzene rings is 1. The second-order valence-corrected chi connectivity index (χ2v) is 5.69. The molecule has 1 aliphatic rings. The van der Waals surface area contributed by atoms with Crippen molar-refractivity contribution in [3.63, 3.8) is 0 Å². The van der Waals surface area contributed by atoms with E-state index in [0.717, 1.165) is 25.2 Å².